The van der Waals surface area contributed by atoms with Crippen LogP contribution in [0.15, 0.2) is 36.4 Å². The molecule has 6 heteroatoms. The van der Waals surface area contributed by atoms with E-state index in [-0.39, 0.29) is 17.9 Å². The highest BCUT2D eigenvalue weighted by Gasteiger charge is 2.34. The number of H-pyrrole nitrogens is 1. The van der Waals surface area contributed by atoms with Crippen molar-refractivity contribution in [3.63, 3.8) is 0 Å². The molecule has 4 rings (SSSR count). The van der Waals surface area contributed by atoms with Crippen molar-refractivity contribution in [3.05, 3.63) is 53.3 Å². The third kappa shape index (κ3) is 3.96. The minimum Gasteiger partial charge on any atom is -0.341 e. The van der Waals surface area contributed by atoms with Gasteiger partial charge in [0.25, 0.3) is 0 Å². The first-order chi connectivity index (χ1) is 13.6. The lowest BCUT2D eigenvalue weighted by molar-refractivity contribution is -0.143. The van der Waals surface area contributed by atoms with Crippen molar-refractivity contribution >= 4 is 11.8 Å². The van der Waals surface area contributed by atoms with Crippen LogP contribution < -0.4 is 0 Å². The number of piperidine rings is 1. The van der Waals surface area contributed by atoms with Gasteiger partial charge in [-0.25, -0.2) is 0 Å². The largest absolute Gasteiger partial charge is 0.341 e. The van der Waals surface area contributed by atoms with Gasteiger partial charge in [-0.05, 0) is 37.8 Å². The number of likely N-dealkylation sites (tertiary alicyclic amines) is 2. The maximum atomic E-state index is 12.8. The Balaban J connectivity index is 1.32. The lowest BCUT2D eigenvalue weighted by atomic mass is 9.93. The Labute approximate surface area is 165 Å². The van der Waals surface area contributed by atoms with E-state index in [1.807, 2.05) is 17.9 Å². The Bertz CT molecular complexity index is 824. The Kier molecular flexibility index (Phi) is 5.46. The summed E-state index contributed by atoms with van der Waals surface area (Å²) in [5.74, 6) is 0.576. The van der Waals surface area contributed by atoms with Crippen LogP contribution in [0.2, 0.25) is 0 Å². The maximum Gasteiger partial charge on any atom is 0.245 e. The first-order valence-electron chi connectivity index (χ1n) is 10.3. The van der Waals surface area contributed by atoms with Crippen LogP contribution in [0.3, 0.4) is 0 Å². The summed E-state index contributed by atoms with van der Waals surface area (Å²) < 4.78 is 0. The Morgan fingerprint density at radius 1 is 1.21 bits per heavy atom. The molecule has 2 aliphatic rings. The van der Waals surface area contributed by atoms with Gasteiger partial charge in [-0.3, -0.25) is 14.7 Å². The molecule has 2 aromatic rings. The van der Waals surface area contributed by atoms with Crippen LogP contribution in [-0.2, 0) is 16.0 Å². The molecule has 148 valence electrons. The van der Waals surface area contributed by atoms with Crippen LogP contribution in [-0.4, -0.2) is 57.5 Å². The number of nitrogens with zero attached hydrogens (tertiary/aromatic N) is 3. The zero-order valence-electron chi connectivity index (χ0n) is 16.4. The van der Waals surface area contributed by atoms with Crippen molar-refractivity contribution in [2.24, 2.45) is 0 Å². The van der Waals surface area contributed by atoms with Gasteiger partial charge in [-0.1, -0.05) is 30.3 Å². The third-order valence-corrected chi connectivity index (χ3v) is 6.05. The minimum atomic E-state index is -0.339. The van der Waals surface area contributed by atoms with Gasteiger partial charge in [-0.2, -0.15) is 5.10 Å². The maximum absolute atomic E-state index is 12.8. The second-order valence-electron chi connectivity index (χ2n) is 7.95. The first kappa shape index (κ1) is 18.7. The van der Waals surface area contributed by atoms with E-state index < -0.39 is 0 Å². The van der Waals surface area contributed by atoms with Crippen molar-refractivity contribution < 1.29 is 9.59 Å². The second kappa shape index (κ2) is 8.17. The molecule has 0 saturated carbocycles. The number of hydrogen-bond donors (Lipinski definition) is 1. The van der Waals surface area contributed by atoms with Gasteiger partial charge in [-0.15, -0.1) is 0 Å². The molecule has 1 atom stereocenters. The zero-order valence-corrected chi connectivity index (χ0v) is 16.4. The van der Waals surface area contributed by atoms with Crippen LogP contribution in [0.1, 0.15) is 55.5 Å². The lowest BCUT2D eigenvalue weighted by Crippen LogP contribution is -2.49. The number of amides is 2. The Hall–Kier alpha value is -2.63. The fraction of sp³-hybridized carbons (Fsp3) is 0.500. The van der Waals surface area contributed by atoms with E-state index in [0.717, 1.165) is 50.2 Å². The van der Waals surface area contributed by atoms with Gasteiger partial charge in [0, 0.05) is 44.1 Å². The molecule has 3 heterocycles. The Morgan fingerprint density at radius 2 is 1.96 bits per heavy atom. The standard InChI is InChI=1S/C22H28N4O2/c1-16(26-11-5-8-21(26)27)22(28)25-12-9-18(10-13-25)20-15-19(23-24-20)14-17-6-3-2-4-7-17/h2-4,6-7,15-16,18H,5,8-14H2,1H3,(H,23,24)/t16-/m1/s1. The molecule has 0 aliphatic carbocycles. The molecule has 28 heavy (non-hydrogen) atoms. The lowest BCUT2D eigenvalue weighted by Gasteiger charge is -2.35. The van der Waals surface area contributed by atoms with E-state index in [0.29, 0.717) is 18.9 Å². The normalized spacial score (nSPS) is 19.2. The Morgan fingerprint density at radius 3 is 2.64 bits per heavy atom. The van der Waals surface area contributed by atoms with Gasteiger partial charge in [0.1, 0.15) is 6.04 Å². The van der Waals surface area contributed by atoms with E-state index in [9.17, 15) is 9.59 Å². The molecule has 0 unspecified atom stereocenters. The quantitative estimate of drug-likeness (QED) is 0.867. The zero-order chi connectivity index (χ0) is 19.5. The summed E-state index contributed by atoms with van der Waals surface area (Å²) in [5.41, 5.74) is 3.49. The van der Waals surface area contributed by atoms with Crippen molar-refractivity contribution in [1.82, 2.24) is 20.0 Å². The molecule has 2 fully saturated rings. The van der Waals surface area contributed by atoms with Crippen LogP contribution in [0.5, 0.6) is 0 Å². The van der Waals surface area contributed by atoms with Crippen LogP contribution in [0.25, 0.3) is 0 Å². The molecule has 1 N–H and O–H groups in total. The number of hydrogen-bond acceptors (Lipinski definition) is 3. The van der Waals surface area contributed by atoms with Gasteiger partial charge in [0.2, 0.25) is 11.8 Å². The summed E-state index contributed by atoms with van der Waals surface area (Å²) >= 11 is 0. The van der Waals surface area contributed by atoms with Crippen molar-refractivity contribution in [2.45, 2.75) is 51.0 Å². The molecule has 2 aliphatic heterocycles. The summed E-state index contributed by atoms with van der Waals surface area (Å²) in [5, 5.41) is 7.70. The molecule has 6 nitrogen and oxygen atoms in total. The molecular weight excluding hydrogens is 352 g/mol. The summed E-state index contributed by atoms with van der Waals surface area (Å²) in [6.45, 7) is 4.04. The number of benzene rings is 1. The third-order valence-electron chi connectivity index (χ3n) is 6.05. The number of nitrogens with one attached hydrogen (secondary N) is 1. The summed E-state index contributed by atoms with van der Waals surface area (Å²) in [6, 6.07) is 12.2. The number of rotatable bonds is 5. The van der Waals surface area contributed by atoms with Crippen molar-refractivity contribution in [1.29, 1.82) is 0 Å². The summed E-state index contributed by atoms with van der Waals surface area (Å²) in [4.78, 5) is 28.4. The van der Waals surface area contributed by atoms with E-state index in [1.54, 1.807) is 4.90 Å². The SMILES string of the molecule is C[C@H](C(=O)N1CCC(c2cc(Cc3ccccc3)[nH]n2)CC1)N1CCCC1=O. The average molecular weight is 380 g/mol. The van der Waals surface area contributed by atoms with E-state index >= 15 is 0 Å². The molecule has 1 aromatic heterocycles. The fourth-order valence-corrected chi connectivity index (χ4v) is 4.37. The molecule has 0 spiro atoms. The molecule has 0 radical (unpaired) electrons. The highest BCUT2D eigenvalue weighted by molar-refractivity contribution is 5.88. The fourth-order valence-electron chi connectivity index (χ4n) is 4.37. The molecule has 2 amide bonds. The number of aromatic nitrogens is 2. The topological polar surface area (TPSA) is 69.3 Å². The predicted octanol–water partition coefficient (Wildman–Crippen LogP) is 2.72. The average Bonchev–Trinajstić information content (AvgIpc) is 3.37. The second-order valence-corrected chi connectivity index (χ2v) is 7.95. The molecular formula is C22H28N4O2. The molecule has 0 bridgehead atoms. The smallest absolute Gasteiger partial charge is 0.245 e. The van der Waals surface area contributed by atoms with E-state index in [1.165, 1.54) is 5.56 Å². The highest BCUT2D eigenvalue weighted by atomic mass is 16.2. The minimum absolute atomic E-state index is 0.0838. The van der Waals surface area contributed by atoms with Crippen LogP contribution in [0, 0.1) is 0 Å². The molecule has 1 aromatic carbocycles. The van der Waals surface area contributed by atoms with Gasteiger partial charge in [0.15, 0.2) is 0 Å². The van der Waals surface area contributed by atoms with Crippen LogP contribution >= 0.6 is 0 Å². The van der Waals surface area contributed by atoms with E-state index in [4.69, 9.17) is 0 Å². The van der Waals surface area contributed by atoms with Gasteiger partial charge < -0.3 is 9.80 Å². The van der Waals surface area contributed by atoms with Gasteiger partial charge in [0.05, 0.1) is 5.69 Å². The van der Waals surface area contributed by atoms with Crippen molar-refractivity contribution in [3.8, 4) is 0 Å². The predicted molar refractivity (Wildman–Crippen MR) is 107 cm³/mol. The number of carbonyl (C=O) groups is 2. The number of carbonyl (C=O) groups excluding carboxylic acids is 2. The molecule has 2 saturated heterocycles. The summed E-state index contributed by atoms with van der Waals surface area (Å²) in [7, 11) is 0. The van der Waals surface area contributed by atoms with Crippen molar-refractivity contribution in [2.75, 3.05) is 19.6 Å². The summed E-state index contributed by atoms with van der Waals surface area (Å²) in [6.07, 6.45) is 4.13. The highest BCUT2D eigenvalue weighted by Crippen LogP contribution is 2.28. The monoisotopic (exact) mass is 380 g/mol. The van der Waals surface area contributed by atoms with E-state index in [2.05, 4.69) is 40.5 Å². The number of aromatic amines is 1. The first-order valence-corrected chi connectivity index (χ1v) is 10.3. The van der Waals surface area contributed by atoms with Crippen LogP contribution in [0.4, 0.5) is 0 Å². The van der Waals surface area contributed by atoms with Gasteiger partial charge >= 0.3 is 0 Å².